The van der Waals surface area contributed by atoms with Crippen molar-refractivity contribution in [3.05, 3.63) is 36.2 Å². The number of benzene rings is 1. The Morgan fingerprint density at radius 2 is 2.17 bits per heavy atom. The molecule has 0 aliphatic carbocycles. The van der Waals surface area contributed by atoms with E-state index >= 15 is 0 Å². The van der Waals surface area contributed by atoms with Crippen LogP contribution in [0, 0.1) is 5.92 Å². The van der Waals surface area contributed by atoms with Crippen molar-refractivity contribution in [3.63, 3.8) is 0 Å². The Hall–Kier alpha value is -2.28. The molecule has 2 heterocycles. The van der Waals surface area contributed by atoms with Gasteiger partial charge >= 0.3 is 0 Å². The summed E-state index contributed by atoms with van der Waals surface area (Å²) in [5, 5.41) is 11.1. The highest BCUT2D eigenvalue weighted by Crippen LogP contribution is 2.19. The molecule has 0 saturated carbocycles. The highest BCUT2D eigenvalue weighted by molar-refractivity contribution is 5.79. The summed E-state index contributed by atoms with van der Waals surface area (Å²) in [5.41, 5.74) is 7.86. The number of amides is 1. The molecule has 1 aromatic carbocycles. The van der Waals surface area contributed by atoms with Crippen LogP contribution in [0.1, 0.15) is 25.3 Å². The SMILES string of the molecule is C[C@@H](N)[C@H]1CCCN(C(=O)Cc2ccc(-n3cnnn3)cc2)C1. The zero-order chi connectivity index (χ0) is 16.2. The van der Waals surface area contributed by atoms with Crippen LogP contribution >= 0.6 is 0 Å². The first-order valence-electron chi connectivity index (χ1n) is 7.99. The Morgan fingerprint density at radius 1 is 1.39 bits per heavy atom. The maximum absolute atomic E-state index is 12.5. The first-order valence-corrected chi connectivity index (χ1v) is 7.99. The minimum Gasteiger partial charge on any atom is -0.342 e. The predicted octanol–water partition coefficient (Wildman–Crippen LogP) is 0.791. The monoisotopic (exact) mass is 314 g/mol. The van der Waals surface area contributed by atoms with E-state index in [4.69, 9.17) is 5.73 Å². The van der Waals surface area contributed by atoms with Gasteiger partial charge in [0.2, 0.25) is 5.91 Å². The fraction of sp³-hybridized carbons (Fsp3) is 0.500. The average molecular weight is 314 g/mol. The van der Waals surface area contributed by atoms with Crippen molar-refractivity contribution >= 4 is 5.91 Å². The molecule has 1 amide bonds. The summed E-state index contributed by atoms with van der Waals surface area (Å²) in [6.45, 7) is 3.64. The number of nitrogens with zero attached hydrogens (tertiary/aromatic N) is 5. The number of carbonyl (C=O) groups is 1. The van der Waals surface area contributed by atoms with Crippen LogP contribution in [0.2, 0.25) is 0 Å². The van der Waals surface area contributed by atoms with Gasteiger partial charge in [0, 0.05) is 19.1 Å². The Kier molecular flexibility index (Phi) is 4.66. The molecule has 1 aromatic heterocycles. The van der Waals surface area contributed by atoms with Crippen LogP contribution in [0.25, 0.3) is 5.69 Å². The molecule has 2 atom stereocenters. The van der Waals surface area contributed by atoms with Crippen LogP contribution in [0.3, 0.4) is 0 Å². The minimum atomic E-state index is 0.140. The lowest BCUT2D eigenvalue weighted by Crippen LogP contribution is -2.45. The molecule has 23 heavy (non-hydrogen) atoms. The van der Waals surface area contributed by atoms with Gasteiger partial charge in [0.1, 0.15) is 6.33 Å². The third-order valence-electron chi connectivity index (χ3n) is 4.46. The standard InChI is InChI=1S/C16H22N6O/c1-12(17)14-3-2-8-21(10-14)16(23)9-13-4-6-15(7-5-13)22-11-18-19-20-22/h4-7,11-12,14H,2-3,8-10,17H2,1H3/t12-,14+/m1/s1. The van der Waals surface area contributed by atoms with Crippen molar-refractivity contribution < 1.29 is 4.79 Å². The number of aromatic nitrogens is 4. The summed E-state index contributed by atoms with van der Waals surface area (Å²) in [6, 6.07) is 7.87. The highest BCUT2D eigenvalue weighted by atomic mass is 16.2. The van der Waals surface area contributed by atoms with Crippen LogP contribution < -0.4 is 5.73 Å². The van der Waals surface area contributed by atoms with E-state index in [2.05, 4.69) is 15.5 Å². The lowest BCUT2D eigenvalue weighted by atomic mass is 9.92. The number of tetrazole rings is 1. The van der Waals surface area contributed by atoms with Gasteiger partial charge in [-0.3, -0.25) is 4.79 Å². The molecule has 2 aromatic rings. The number of nitrogens with two attached hydrogens (primary N) is 1. The Balaban J connectivity index is 1.61. The van der Waals surface area contributed by atoms with Crippen LogP contribution in [0.4, 0.5) is 0 Å². The van der Waals surface area contributed by atoms with Gasteiger partial charge in [-0.05, 0) is 53.8 Å². The number of rotatable bonds is 4. The molecular weight excluding hydrogens is 292 g/mol. The summed E-state index contributed by atoms with van der Waals surface area (Å²) < 4.78 is 1.59. The second kappa shape index (κ2) is 6.87. The highest BCUT2D eigenvalue weighted by Gasteiger charge is 2.25. The fourth-order valence-electron chi connectivity index (χ4n) is 3.00. The Bertz CT molecular complexity index is 637. The average Bonchev–Trinajstić information content (AvgIpc) is 3.10. The first kappa shape index (κ1) is 15.6. The topological polar surface area (TPSA) is 89.9 Å². The van der Waals surface area contributed by atoms with Crippen molar-refractivity contribution in [1.29, 1.82) is 0 Å². The summed E-state index contributed by atoms with van der Waals surface area (Å²) in [7, 11) is 0. The van der Waals surface area contributed by atoms with Gasteiger partial charge in [0.25, 0.3) is 0 Å². The van der Waals surface area contributed by atoms with Gasteiger partial charge in [-0.2, -0.15) is 0 Å². The Morgan fingerprint density at radius 3 is 2.83 bits per heavy atom. The maximum atomic E-state index is 12.5. The second-order valence-electron chi connectivity index (χ2n) is 6.20. The van der Waals surface area contributed by atoms with Crippen LogP contribution in [0.15, 0.2) is 30.6 Å². The van der Waals surface area contributed by atoms with E-state index in [1.54, 1.807) is 11.0 Å². The van der Waals surface area contributed by atoms with E-state index in [1.807, 2.05) is 36.1 Å². The number of likely N-dealkylation sites (tertiary alicyclic amines) is 1. The minimum absolute atomic E-state index is 0.140. The zero-order valence-electron chi connectivity index (χ0n) is 13.3. The molecule has 1 aliphatic heterocycles. The quantitative estimate of drug-likeness (QED) is 0.901. The zero-order valence-corrected chi connectivity index (χ0v) is 13.3. The van der Waals surface area contributed by atoms with Gasteiger partial charge in [0.05, 0.1) is 12.1 Å². The van der Waals surface area contributed by atoms with Gasteiger partial charge in [-0.1, -0.05) is 12.1 Å². The van der Waals surface area contributed by atoms with E-state index < -0.39 is 0 Å². The molecule has 0 bridgehead atoms. The lowest BCUT2D eigenvalue weighted by molar-refractivity contribution is -0.132. The molecule has 0 spiro atoms. The normalized spacial score (nSPS) is 19.6. The van der Waals surface area contributed by atoms with E-state index in [0.717, 1.165) is 37.2 Å². The summed E-state index contributed by atoms with van der Waals surface area (Å²) >= 11 is 0. The molecule has 1 aliphatic rings. The summed E-state index contributed by atoms with van der Waals surface area (Å²) in [6.07, 6.45) is 4.11. The largest absolute Gasteiger partial charge is 0.342 e. The predicted molar refractivity (Wildman–Crippen MR) is 85.8 cm³/mol. The smallest absolute Gasteiger partial charge is 0.226 e. The van der Waals surface area contributed by atoms with Crippen molar-refractivity contribution in [2.24, 2.45) is 11.7 Å². The fourth-order valence-corrected chi connectivity index (χ4v) is 3.00. The molecular formula is C16H22N6O. The first-order chi connectivity index (χ1) is 11.1. The van der Waals surface area contributed by atoms with Crippen molar-refractivity contribution in [3.8, 4) is 5.69 Å². The van der Waals surface area contributed by atoms with E-state index in [1.165, 1.54) is 0 Å². The molecule has 0 unspecified atom stereocenters. The molecule has 0 radical (unpaired) electrons. The number of piperidine rings is 1. The summed E-state index contributed by atoms with van der Waals surface area (Å²) in [5.74, 6) is 0.584. The molecule has 7 nitrogen and oxygen atoms in total. The van der Waals surface area contributed by atoms with Gasteiger partial charge in [0.15, 0.2) is 0 Å². The number of hydrogen-bond acceptors (Lipinski definition) is 5. The van der Waals surface area contributed by atoms with Crippen molar-refractivity contribution in [1.82, 2.24) is 25.1 Å². The molecule has 3 rings (SSSR count). The van der Waals surface area contributed by atoms with Crippen LogP contribution in [-0.2, 0) is 11.2 Å². The third kappa shape index (κ3) is 3.73. The van der Waals surface area contributed by atoms with E-state index in [-0.39, 0.29) is 11.9 Å². The number of hydrogen-bond donors (Lipinski definition) is 1. The van der Waals surface area contributed by atoms with Crippen molar-refractivity contribution in [2.75, 3.05) is 13.1 Å². The lowest BCUT2D eigenvalue weighted by Gasteiger charge is -2.34. The molecule has 7 heteroatoms. The van der Waals surface area contributed by atoms with Crippen LogP contribution in [-0.4, -0.2) is 50.1 Å². The molecule has 1 saturated heterocycles. The van der Waals surface area contributed by atoms with Gasteiger partial charge in [-0.15, -0.1) is 5.10 Å². The van der Waals surface area contributed by atoms with E-state index in [9.17, 15) is 4.79 Å². The molecule has 1 fully saturated rings. The third-order valence-corrected chi connectivity index (χ3v) is 4.46. The Labute approximate surface area is 135 Å². The van der Waals surface area contributed by atoms with Gasteiger partial charge < -0.3 is 10.6 Å². The second-order valence-corrected chi connectivity index (χ2v) is 6.20. The van der Waals surface area contributed by atoms with E-state index in [0.29, 0.717) is 12.3 Å². The summed E-state index contributed by atoms with van der Waals surface area (Å²) in [4.78, 5) is 14.4. The number of carbonyl (C=O) groups excluding carboxylic acids is 1. The molecule has 2 N–H and O–H groups in total. The molecule has 122 valence electrons. The maximum Gasteiger partial charge on any atom is 0.226 e. The van der Waals surface area contributed by atoms with Crippen molar-refractivity contribution in [2.45, 2.75) is 32.2 Å². The van der Waals surface area contributed by atoms with Crippen LogP contribution in [0.5, 0.6) is 0 Å². The van der Waals surface area contributed by atoms with Gasteiger partial charge in [-0.25, -0.2) is 4.68 Å².